The molecular formula is C26H36ClN2-. The van der Waals surface area contributed by atoms with Crippen molar-refractivity contribution in [2.45, 2.75) is 58.5 Å². The largest absolute Gasteiger partial charge is 0.661 e. The summed E-state index contributed by atoms with van der Waals surface area (Å²) in [6.07, 6.45) is 12.1. The summed E-state index contributed by atoms with van der Waals surface area (Å²) in [5.41, 5.74) is 4.19. The van der Waals surface area contributed by atoms with Gasteiger partial charge in [0.1, 0.15) is 0 Å². The summed E-state index contributed by atoms with van der Waals surface area (Å²) >= 11 is 7.06. The molecule has 0 aromatic heterocycles. The van der Waals surface area contributed by atoms with Gasteiger partial charge in [-0.05, 0) is 34.7 Å². The molecule has 3 heteroatoms. The van der Waals surface area contributed by atoms with Gasteiger partial charge in [-0.2, -0.15) is 7.05 Å². The van der Waals surface area contributed by atoms with E-state index in [0.29, 0.717) is 23.8 Å². The molecule has 0 aromatic rings. The minimum Gasteiger partial charge on any atom is -0.661 e. The van der Waals surface area contributed by atoms with Crippen molar-refractivity contribution in [3.05, 3.63) is 65.7 Å². The molecule has 7 unspecified atom stereocenters. The first kappa shape index (κ1) is 21.0. The molecule has 2 saturated carbocycles. The summed E-state index contributed by atoms with van der Waals surface area (Å²) < 4.78 is 0. The third kappa shape index (κ3) is 2.64. The highest BCUT2D eigenvalue weighted by atomic mass is 35.5. The predicted molar refractivity (Wildman–Crippen MR) is 125 cm³/mol. The zero-order chi connectivity index (χ0) is 21.4. The van der Waals surface area contributed by atoms with Crippen molar-refractivity contribution in [2.24, 2.45) is 34.0 Å². The highest BCUT2D eigenvalue weighted by Crippen LogP contribution is 2.65. The SMILES string of the molecule is C=CC(C)(C)C1=C2C3C(=CC=CC3N1)C(C)(C)C1CC(Cl)C(C)(C=C)C([N-]C)C21. The summed E-state index contributed by atoms with van der Waals surface area (Å²) in [4.78, 5) is 0. The number of fused-ring (bicyclic) bond motifs is 2. The van der Waals surface area contributed by atoms with Crippen LogP contribution in [0.5, 0.6) is 0 Å². The number of alkyl halides is 1. The van der Waals surface area contributed by atoms with Crippen LogP contribution >= 0.6 is 11.6 Å². The molecule has 29 heavy (non-hydrogen) atoms. The Morgan fingerprint density at radius 1 is 1.28 bits per heavy atom. The molecule has 0 bridgehead atoms. The number of allylic oxidation sites excluding steroid dienone is 3. The van der Waals surface area contributed by atoms with Crippen molar-refractivity contribution >= 4 is 11.6 Å². The molecule has 4 aliphatic rings. The van der Waals surface area contributed by atoms with Gasteiger partial charge in [-0.25, -0.2) is 0 Å². The molecular weight excluding hydrogens is 376 g/mol. The number of nitrogens with zero attached hydrogens (tertiary/aromatic N) is 1. The van der Waals surface area contributed by atoms with E-state index in [2.05, 4.69) is 83.5 Å². The lowest BCUT2D eigenvalue weighted by Gasteiger charge is -2.64. The van der Waals surface area contributed by atoms with Gasteiger partial charge < -0.3 is 10.6 Å². The molecule has 0 spiro atoms. The average Bonchev–Trinajstić information content (AvgIpc) is 3.08. The van der Waals surface area contributed by atoms with Crippen molar-refractivity contribution < 1.29 is 0 Å². The Morgan fingerprint density at radius 2 is 1.97 bits per heavy atom. The second kappa shape index (κ2) is 6.62. The summed E-state index contributed by atoms with van der Waals surface area (Å²) in [7, 11) is 1.97. The lowest BCUT2D eigenvalue weighted by atomic mass is 9.46. The smallest absolute Gasteiger partial charge is 0.0548 e. The van der Waals surface area contributed by atoms with Crippen LogP contribution in [0, 0.1) is 34.0 Å². The quantitative estimate of drug-likeness (QED) is 0.421. The summed E-state index contributed by atoms with van der Waals surface area (Å²) in [5.74, 6) is 1.20. The molecule has 1 heterocycles. The van der Waals surface area contributed by atoms with Gasteiger partial charge in [-0.3, -0.25) is 0 Å². The first-order chi connectivity index (χ1) is 13.5. The third-order valence-electron chi connectivity index (χ3n) is 8.67. The van der Waals surface area contributed by atoms with Crippen molar-refractivity contribution in [2.75, 3.05) is 7.05 Å². The maximum Gasteiger partial charge on any atom is 0.0548 e. The molecule has 0 radical (unpaired) electrons. The standard InChI is InChI=1S/C26H36ClN2/c1-9-24(3,4)22-21-19-15(12-11-13-17(19)29-22)25(5,6)16-14-18(27)26(7,10-2)23(28-8)20(16)21/h9-13,16-20,23,29H,1-2,14H2,3-8H3/q-1. The molecule has 3 aliphatic carbocycles. The molecule has 0 aromatic carbocycles. The molecule has 0 amide bonds. The maximum atomic E-state index is 7.06. The maximum absolute atomic E-state index is 7.06. The van der Waals surface area contributed by atoms with Gasteiger partial charge in [0.15, 0.2) is 0 Å². The fourth-order valence-electron chi connectivity index (χ4n) is 6.68. The molecule has 7 atom stereocenters. The lowest BCUT2D eigenvalue weighted by molar-refractivity contribution is 0.0508. The van der Waals surface area contributed by atoms with E-state index in [1.807, 2.05) is 7.05 Å². The number of nitrogens with one attached hydrogen (secondary N) is 1. The highest BCUT2D eigenvalue weighted by molar-refractivity contribution is 6.21. The topological polar surface area (TPSA) is 26.1 Å². The first-order valence-corrected chi connectivity index (χ1v) is 11.4. The minimum atomic E-state index is -0.214. The molecule has 0 saturated heterocycles. The fourth-order valence-corrected chi connectivity index (χ4v) is 7.09. The van der Waals surface area contributed by atoms with E-state index < -0.39 is 0 Å². The van der Waals surface area contributed by atoms with Crippen LogP contribution in [0.3, 0.4) is 0 Å². The number of rotatable bonds is 4. The molecule has 4 rings (SSSR count). The number of hydrogen-bond donors (Lipinski definition) is 1. The van der Waals surface area contributed by atoms with E-state index in [9.17, 15) is 0 Å². The van der Waals surface area contributed by atoms with E-state index >= 15 is 0 Å². The Balaban J connectivity index is 2.00. The van der Waals surface area contributed by atoms with Crippen LogP contribution in [0.25, 0.3) is 5.32 Å². The van der Waals surface area contributed by atoms with E-state index in [0.717, 1.165) is 6.42 Å². The monoisotopic (exact) mass is 411 g/mol. The van der Waals surface area contributed by atoms with Crippen molar-refractivity contribution in [1.82, 2.24) is 5.32 Å². The Labute approximate surface area is 182 Å². The Morgan fingerprint density at radius 3 is 2.55 bits per heavy atom. The van der Waals surface area contributed by atoms with Crippen LogP contribution in [-0.4, -0.2) is 24.5 Å². The van der Waals surface area contributed by atoms with Gasteiger partial charge in [-0.1, -0.05) is 70.6 Å². The van der Waals surface area contributed by atoms with Gasteiger partial charge in [-0.15, -0.1) is 30.8 Å². The third-order valence-corrected chi connectivity index (χ3v) is 9.32. The second-order valence-electron chi connectivity index (χ2n) is 10.7. The average molecular weight is 412 g/mol. The first-order valence-electron chi connectivity index (χ1n) is 10.9. The van der Waals surface area contributed by atoms with Gasteiger partial charge in [0.25, 0.3) is 0 Å². The lowest BCUT2D eigenvalue weighted by Crippen LogP contribution is -2.58. The van der Waals surface area contributed by atoms with Gasteiger partial charge in [0, 0.05) is 22.4 Å². The van der Waals surface area contributed by atoms with Crippen molar-refractivity contribution in [3.63, 3.8) is 0 Å². The second-order valence-corrected chi connectivity index (χ2v) is 11.3. The van der Waals surface area contributed by atoms with E-state index in [1.54, 1.807) is 11.1 Å². The van der Waals surface area contributed by atoms with E-state index in [4.69, 9.17) is 16.9 Å². The van der Waals surface area contributed by atoms with Gasteiger partial charge in [0.05, 0.1) is 6.04 Å². The summed E-state index contributed by atoms with van der Waals surface area (Å²) in [6, 6.07) is 0.444. The van der Waals surface area contributed by atoms with Crippen LogP contribution in [-0.2, 0) is 0 Å². The Bertz CT molecular complexity index is 830. The Hall–Kier alpha value is -1.25. The highest BCUT2D eigenvalue weighted by Gasteiger charge is 2.60. The number of halogens is 1. The zero-order valence-electron chi connectivity index (χ0n) is 18.8. The molecule has 1 aliphatic heterocycles. The van der Waals surface area contributed by atoms with Crippen LogP contribution in [0.4, 0.5) is 0 Å². The molecule has 2 fully saturated rings. The van der Waals surface area contributed by atoms with Crippen LogP contribution in [0.1, 0.15) is 41.0 Å². The minimum absolute atomic E-state index is 0.0344. The van der Waals surface area contributed by atoms with E-state index in [1.165, 1.54) is 5.70 Å². The Kier molecular flexibility index (Phi) is 4.80. The van der Waals surface area contributed by atoms with Crippen molar-refractivity contribution in [3.8, 4) is 0 Å². The van der Waals surface area contributed by atoms with Gasteiger partial charge >= 0.3 is 0 Å². The summed E-state index contributed by atoms with van der Waals surface area (Å²) in [5, 5.41) is 8.93. The van der Waals surface area contributed by atoms with Crippen LogP contribution in [0.15, 0.2) is 60.4 Å². The predicted octanol–water partition coefficient (Wildman–Crippen LogP) is 6.38. The van der Waals surface area contributed by atoms with E-state index in [-0.39, 0.29) is 27.7 Å². The molecule has 1 N–H and O–H groups in total. The molecule has 158 valence electrons. The number of hydrogen-bond acceptors (Lipinski definition) is 1. The zero-order valence-corrected chi connectivity index (χ0v) is 19.6. The molecule has 2 nitrogen and oxygen atoms in total. The fraction of sp³-hybridized carbons (Fsp3) is 0.615. The van der Waals surface area contributed by atoms with Crippen LogP contribution < -0.4 is 5.32 Å². The van der Waals surface area contributed by atoms with Crippen LogP contribution in [0.2, 0.25) is 0 Å². The normalized spacial score (nSPS) is 42.5. The van der Waals surface area contributed by atoms with Crippen molar-refractivity contribution in [1.29, 1.82) is 0 Å². The van der Waals surface area contributed by atoms with Gasteiger partial charge in [0.2, 0.25) is 0 Å². The summed E-state index contributed by atoms with van der Waals surface area (Å²) in [6.45, 7) is 20.0.